The summed E-state index contributed by atoms with van der Waals surface area (Å²) in [4.78, 5) is 11.7. The number of hydrogen-bond donors (Lipinski definition) is 2. The molecule has 0 fully saturated rings. The summed E-state index contributed by atoms with van der Waals surface area (Å²) in [6, 6.07) is 9.20. The molecule has 0 spiro atoms. The standard InChI is InChI=1S/C15H21N3O2/c1-3-12(2)17-15(19)18-13-7-6-8-14(11-13)20-10-5-4-9-16/h6-8,11-12H,3-5,10H2,1-2H3,(H2,17,18,19)/t12-/m1/s1. The molecule has 0 saturated carbocycles. The maximum Gasteiger partial charge on any atom is 0.319 e. The van der Waals surface area contributed by atoms with E-state index in [0.29, 0.717) is 30.9 Å². The maximum atomic E-state index is 11.7. The van der Waals surface area contributed by atoms with E-state index >= 15 is 0 Å². The first-order chi connectivity index (χ1) is 9.65. The summed E-state index contributed by atoms with van der Waals surface area (Å²) in [5.41, 5.74) is 0.684. The van der Waals surface area contributed by atoms with Gasteiger partial charge in [-0.2, -0.15) is 5.26 Å². The fourth-order valence-electron chi connectivity index (χ4n) is 1.50. The average Bonchev–Trinajstić information content (AvgIpc) is 2.43. The third-order valence-electron chi connectivity index (χ3n) is 2.78. The van der Waals surface area contributed by atoms with Crippen LogP contribution in [0.3, 0.4) is 0 Å². The van der Waals surface area contributed by atoms with Crippen molar-refractivity contribution in [3.63, 3.8) is 0 Å². The van der Waals surface area contributed by atoms with E-state index in [9.17, 15) is 4.79 Å². The molecule has 0 aliphatic carbocycles. The smallest absolute Gasteiger partial charge is 0.319 e. The molecule has 0 heterocycles. The molecule has 0 radical (unpaired) electrons. The predicted octanol–water partition coefficient (Wildman–Crippen LogP) is 3.29. The number of urea groups is 1. The van der Waals surface area contributed by atoms with Crippen molar-refractivity contribution in [1.29, 1.82) is 5.26 Å². The van der Waals surface area contributed by atoms with Crippen molar-refractivity contribution in [2.24, 2.45) is 0 Å². The Morgan fingerprint density at radius 3 is 3.00 bits per heavy atom. The van der Waals surface area contributed by atoms with Crippen LogP contribution < -0.4 is 15.4 Å². The van der Waals surface area contributed by atoms with Gasteiger partial charge in [0, 0.05) is 24.2 Å². The highest BCUT2D eigenvalue weighted by Crippen LogP contribution is 2.17. The molecule has 0 aromatic heterocycles. The zero-order valence-electron chi connectivity index (χ0n) is 12.0. The number of unbranched alkanes of at least 4 members (excludes halogenated alkanes) is 1. The summed E-state index contributed by atoms with van der Waals surface area (Å²) < 4.78 is 5.51. The van der Waals surface area contributed by atoms with Gasteiger partial charge in [0.15, 0.2) is 0 Å². The van der Waals surface area contributed by atoms with Gasteiger partial charge in [-0.3, -0.25) is 0 Å². The quantitative estimate of drug-likeness (QED) is 0.750. The normalized spacial score (nSPS) is 11.2. The summed E-state index contributed by atoms with van der Waals surface area (Å²) >= 11 is 0. The van der Waals surface area contributed by atoms with Crippen LogP contribution in [0.4, 0.5) is 10.5 Å². The van der Waals surface area contributed by atoms with Gasteiger partial charge in [-0.05, 0) is 31.9 Å². The fraction of sp³-hybridized carbons (Fsp3) is 0.467. The molecule has 0 aliphatic heterocycles. The van der Waals surface area contributed by atoms with Gasteiger partial charge < -0.3 is 15.4 Å². The van der Waals surface area contributed by atoms with Crippen molar-refractivity contribution in [2.45, 2.75) is 39.2 Å². The molecule has 0 aliphatic rings. The Balaban J connectivity index is 2.47. The molecule has 5 heteroatoms. The third-order valence-corrected chi connectivity index (χ3v) is 2.78. The van der Waals surface area contributed by atoms with Gasteiger partial charge >= 0.3 is 6.03 Å². The molecule has 2 N–H and O–H groups in total. The molecule has 1 aromatic carbocycles. The van der Waals surface area contributed by atoms with Crippen LogP contribution in [0.1, 0.15) is 33.1 Å². The predicted molar refractivity (Wildman–Crippen MR) is 78.7 cm³/mol. The molecule has 0 bridgehead atoms. The number of anilines is 1. The minimum Gasteiger partial charge on any atom is -0.493 e. The average molecular weight is 275 g/mol. The van der Waals surface area contributed by atoms with E-state index in [1.165, 1.54) is 0 Å². The van der Waals surface area contributed by atoms with Gasteiger partial charge in [0.05, 0.1) is 12.7 Å². The van der Waals surface area contributed by atoms with Gasteiger partial charge in [0.25, 0.3) is 0 Å². The SMILES string of the molecule is CC[C@@H](C)NC(=O)Nc1cccc(OCCCC#N)c1. The van der Waals surface area contributed by atoms with Crippen molar-refractivity contribution < 1.29 is 9.53 Å². The van der Waals surface area contributed by atoms with Crippen LogP contribution in [0.2, 0.25) is 0 Å². The van der Waals surface area contributed by atoms with Crippen LogP contribution in [-0.4, -0.2) is 18.7 Å². The van der Waals surface area contributed by atoms with Crippen LogP contribution >= 0.6 is 0 Å². The second-order valence-electron chi connectivity index (χ2n) is 4.55. The number of nitriles is 1. The Morgan fingerprint density at radius 2 is 2.30 bits per heavy atom. The lowest BCUT2D eigenvalue weighted by Crippen LogP contribution is -2.35. The summed E-state index contributed by atoms with van der Waals surface area (Å²) in [6.07, 6.45) is 2.06. The van der Waals surface area contributed by atoms with Crippen LogP contribution in [-0.2, 0) is 0 Å². The molecule has 5 nitrogen and oxygen atoms in total. The highest BCUT2D eigenvalue weighted by Gasteiger charge is 2.05. The minimum absolute atomic E-state index is 0.139. The van der Waals surface area contributed by atoms with Gasteiger partial charge in [-0.25, -0.2) is 4.79 Å². The van der Waals surface area contributed by atoms with Gasteiger partial charge in [0.2, 0.25) is 0 Å². The second-order valence-corrected chi connectivity index (χ2v) is 4.55. The fourth-order valence-corrected chi connectivity index (χ4v) is 1.50. The lowest BCUT2D eigenvalue weighted by Gasteiger charge is -2.13. The molecule has 0 unspecified atom stereocenters. The first-order valence-electron chi connectivity index (χ1n) is 6.83. The van der Waals surface area contributed by atoms with E-state index in [1.807, 2.05) is 26.0 Å². The molecule has 1 atom stereocenters. The Labute approximate surface area is 119 Å². The number of nitrogens with one attached hydrogen (secondary N) is 2. The molecule has 108 valence electrons. The van der Waals surface area contributed by atoms with E-state index in [4.69, 9.17) is 10.00 Å². The molecule has 2 amide bonds. The monoisotopic (exact) mass is 275 g/mol. The summed E-state index contributed by atoms with van der Waals surface area (Å²) in [5.74, 6) is 0.685. The molecule has 1 aromatic rings. The van der Waals surface area contributed by atoms with Gasteiger partial charge in [-0.1, -0.05) is 13.0 Å². The highest BCUT2D eigenvalue weighted by atomic mass is 16.5. The Kier molecular flexibility index (Phi) is 6.97. The second kappa shape index (κ2) is 8.81. The van der Waals surface area contributed by atoms with E-state index in [0.717, 1.165) is 6.42 Å². The number of rotatable bonds is 7. The number of hydrogen-bond acceptors (Lipinski definition) is 3. The van der Waals surface area contributed by atoms with E-state index in [2.05, 4.69) is 16.7 Å². The van der Waals surface area contributed by atoms with Gasteiger partial charge in [0.1, 0.15) is 5.75 Å². The van der Waals surface area contributed by atoms with Crippen molar-refractivity contribution in [1.82, 2.24) is 5.32 Å². The highest BCUT2D eigenvalue weighted by molar-refractivity contribution is 5.89. The van der Waals surface area contributed by atoms with Crippen molar-refractivity contribution >= 4 is 11.7 Å². The largest absolute Gasteiger partial charge is 0.493 e. The number of ether oxygens (including phenoxy) is 1. The minimum atomic E-state index is -0.221. The molecular formula is C15H21N3O2. The first-order valence-corrected chi connectivity index (χ1v) is 6.83. The van der Waals surface area contributed by atoms with Crippen molar-refractivity contribution in [2.75, 3.05) is 11.9 Å². The topological polar surface area (TPSA) is 74.2 Å². The van der Waals surface area contributed by atoms with Crippen LogP contribution in [0.25, 0.3) is 0 Å². The Hall–Kier alpha value is -2.22. The zero-order chi connectivity index (χ0) is 14.8. The lowest BCUT2D eigenvalue weighted by atomic mass is 10.2. The first kappa shape index (κ1) is 15.8. The Morgan fingerprint density at radius 1 is 1.50 bits per heavy atom. The van der Waals surface area contributed by atoms with E-state index < -0.39 is 0 Å². The summed E-state index contributed by atoms with van der Waals surface area (Å²) in [5, 5.41) is 14.0. The lowest BCUT2D eigenvalue weighted by molar-refractivity contribution is 0.249. The van der Waals surface area contributed by atoms with E-state index in [-0.39, 0.29) is 12.1 Å². The zero-order valence-corrected chi connectivity index (χ0v) is 12.0. The number of amides is 2. The molecular weight excluding hydrogens is 254 g/mol. The Bertz CT molecular complexity index is 468. The number of carbonyl (C=O) groups excluding carboxylic acids is 1. The summed E-state index contributed by atoms with van der Waals surface area (Å²) in [6.45, 7) is 4.46. The van der Waals surface area contributed by atoms with Gasteiger partial charge in [-0.15, -0.1) is 0 Å². The molecule has 20 heavy (non-hydrogen) atoms. The van der Waals surface area contributed by atoms with Crippen LogP contribution in [0.15, 0.2) is 24.3 Å². The van der Waals surface area contributed by atoms with Crippen molar-refractivity contribution in [3.8, 4) is 11.8 Å². The number of carbonyl (C=O) groups is 1. The van der Waals surface area contributed by atoms with Crippen molar-refractivity contribution in [3.05, 3.63) is 24.3 Å². The maximum absolute atomic E-state index is 11.7. The number of benzene rings is 1. The molecule has 0 saturated heterocycles. The van der Waals surface area contributed by atoms with Crippen LogP contribution in [0, 0.1) is 11.3 Å². The van der Waals surface area contributed by atoms with E-state index in [1.54, 1.807) is 12.1 Å². The van der Waals surface area contributed by atoms with Crippen LogP contribution in [0.5, 0.6) is 5.75 Å². The molecule has 1 rings (SSSR count). The number of nitrogens with zero attached hydrogens (tertiary/aromatic N) is 1. The third kappa shape index (κ3) is 6.10. The summed E-state index contributed by atoms with van der Waals surface area (Å²) in [7, 11) is 0.